The van der Waals surface area contributed by atoms with Crippen molar-refractivity contribution in [2.75, 3.05) is 7.05 Å². The zero-order chi connectivity index (χ0) is 11.5. The lowest BCUT2D eigenvalue weighted by atomic mass is 10.3. The van der Waals surface area contributed by atoms with E-state index in [1.54, 1.807) is 31.3 Å². The molecule has 1 atom stereocenters. The van der Waals surface area contributed by atoms with E-state index >= 15 is 0 Å². The summed E-state index contributed by atoms with van der Waals surface area (Å²) < 4.78 is 22.7. The summed E-state index contributed by atoms with van der Waals surface area (Å²) in [5.74, 6) is 0. The molecule has 5 heteroatoms. The highest BCUT2D eigenvalue weighted by molar-refractivity contribution is 7.90. The molecule has 0 saturated heterocycles. The van der Waals surface area contributed by atoms with Crippen molar-refractivity contribution >= 4 is 9.92 Å². The third-order valence-electron chi connectivity index (χ3n) is 2.10. The third kappa shape index (κ3) is 3.30. The van der Waals surface area contributed by atoms with Crippen LogP contribution in [0.4, 0.5) is 0 Å². The summed E-state index contributed by atoms with van der Waals surface area (Å²) in [6.45, 7) is 3.67. The minimum Gasteiger partial charge on any atom is -0.302 e. The van der Waals surface area contributed by atoms with E-state index in [4.69, 9.17) is 4.78 Å². The second-order valence-electron chi connectivity index (χ2n) is 3.85. The molecule has 0 fully saturated rings. The lowest BCUT2D eigenvalue weighted by Crippen LogP contribution is -2.52. The SMILES string of the molecule is CNC(C)(C)NS(=N)(=O)c1ccccc1. The van der Waals surface area contributed by atoms with Gasteiger partial charge >= 0.3 is 0 Å². The Bertz CT molecular complexity index is 412. The van der Waals surface area contributed by atoms with Crippen LogP contribution in [0, 0.1) is 4.78 Å². The van der Waals surface area contributed by atoms with Crippen LogP contribution in [0.2, 0.25) is 0 Å². The van der Waals surface area contributed by atoms with Gasteiger partial charge in [-0.1, -0.05) is 18.2 Å². The molecule has 0 aliphatic carbocycles. The maximum Gasteiger partial charge on any atom is 0.136 e. The van der Waals surface area contributed by atoms with Crippen LogP contribution in [0.25, 0.3) is 0 Å². The molecule has 0 aromatic heterocycles. The Kier molecular flexibility index (Phi) is 3.49. The highest BCUT2D eigenvalue weighted by Crippen LogP contribution is 2.11. The number of benzene rings is 1. The molecule has 84 valence electrons. The van der Waals surface area contributed by atoms with Crippen LogP contribution in [0.5, 0.6) is 0 Å². The first-order chi connectivity index (χ1) is 6.87. The maximum atomic E-state index is 12.1. The van der Waals surface area contributed by atoms with E-state index in [-0.39, 0.29) is 0 Å². The smallest absolute Gasteiger partial charge is 0.136 e. The molecule has 0 heterocycles. The van der Waals surface area contributed by atoms with Gasteiger partial charge in [0, 0.05) is 0 Å². The Morgan fingerprint density at radius 1 is 1.27 bits per heavy atom. The monoisotopic (exact) mass is 227 g/mol. The van der Waals surface area contributed by atoms with Gasteiger partial charge in [0.15, 0.2) is 0 Å². The first kappa shape index (κ1) is 12.2. The first-order valence-corrected chi connectivity index (χ1v) is 6.25. The molecule has 1 aromatic carbocycles. The number of nitrogens with one attached hydrogen (secondary N) is 3. The van der Waals surface area contributed by atoms with Gasteiger partial charge < -0.3 is 5.32 Å². The molecule has 15 heavy (non-hydrogen) atoms. The summed E-state index contributed by atoms with van der Waals surface area (Å²) in [7, 11) is -1.19. The standard InChI is InChI=1S/C10H17N3OS/c1-10(2,12-3)13-15(11,14)9-7-5-4-6-8-9/h4-8,12H,1-3H3,(H2,11,13,14). The molecule has 3 N–H and O–H groups in total. The van der Waals surface area contributed by atoms with E-state index in [2.05, 4.69) is 10.0 Å². The largest absolute Gasteiger partial charge is 0.302 e. The number of hydrogen-bond acceptors (Lipinski definition) is 3. The number of hydrogen-bond donors (Lipinski definition) is 3. The Morgan fingerprint density at radius 3 is 2.27 bits per heavy atom. The fourth-order valence-corrected chi connectivity index (χ4v) is 2.56. The molecule has 0 bridgehead atoms. The van der Waals surface area contributed by atoms with Crippen LogP contribution >= 0.6 is 0 Å². The normalized spacial score (nSPS) is 15.9. The lowest BCUT2D eigenvalue weighted by molar-refractivity contribution is 0.401. The maximum absolute atomic E-state index is 12.1. The molecule has 0 saturated carbocycles. The summed E-state index contributed by atoms with van der Waals surface area (Å²) in [4.78, 5) is 0.494. The quantitative estimate of drug-likeness (QED) is 0.683. The van der Waals surface area contributed by atoms with E-state index in [0.717, 1.165) is 0 Å². The molecule has 4 nitrogen and oxygen atoms in total. The van der Waals surface area contributed by atoms with Crippen molar-refractivity contribution in [2.45, 2.75) is 24.4 Å². The summed E-state index contributed by atoms with van der Waals surface area (Å²) in [6.07, 6.45) is 0. The number of rotatable bonds is 4. The molecule has 0 spiro atoms. The molecule has 1 rings (SSSR count). The Morgan fingerprint density at radius 2 is 1.80 bits per heavy atom. The fourth-order valence-electron chi connectivity index (χ4n) is 1.08. The van der Waals surface area contributed by atoms with Gasteiger partial charge in [0.25, 0.3) is 0 Å². The topological polar surface area (TPSA) is 65.0 Å². The average Bonchev–Trinajstić information content (AvgIpc) is 2.18. The predicted octanol–water partition coefficient (Wildman–Crippen LogP) is 1.55. The summed E-state index contributed by atoms with van der Waals surface area (Å²) >= 11 is 0. The van der Waals surface area contributed by atoms with Gasteiger partial charge in [-0.3, -0.25) is 0 Å². The van der Waals surface area contributed by atoms with Gasteiger partial charge in [-0.05, 0) is 33.0 Å². The van der Waals surface area contributed by atoms with Gasteiger partial charge in [-0.15, -0.1) is 0 Å². The predicted molar refractivity (Wildman–Crippen MR) is 61.8 cm³/mol. The summed E-state index contributed by atoms with van der Waals surface area (Å²) in [6, 6.07) is 8.76. The average molecular weight is 227 g/mol. The Labute approximate surface area is 91.2 Å². The van der Waals surface area contributed by atoms with Crippen LogP contribution in [-0.2, 0) is 9.92 Å². The van der Waals surface area contributed by atoms with E-state index in [1.165, 1.54) is 0 Å². The molecular formula is C10H17N3OS. The highest BCUT2D eigenvalue weighted by atomic mass is 32.2. The molecule has 1 unspecified atom stereocenters. The highest BCUT2D eigenvalue weighted by Gasteiger charge is 2.21. The zero-order valence-corrected chi connectivity index (χ0v) is 10.0. The van der Waals surface area contributed by atoms with Crippen LogP contribution in [-0.4, -0.2) is 16.9 Å². The van der Waals surface area contributed by atoms with Crippen molar-refractivity contribution in [1.29, 1.82) is 4.78 Å². The molecule has 0 radical (unpaired) electrons. The van der Waals surface area contributed by atoms with Crippen molar-refractivity contribution in [3.63, 3.8) is 0 Å². The molecular weight excluding hydrogens is 210 g/mol. The Hall–Kier alpha value is -0.910. The van der Waals surface area contributed by atoms with E-state index in [9.17, 15) is 4.21 Å². The van der Waals surface area contributed by atoms with Crippen LogP contribution in [0.3, 0.4) is 0 Å². The van der Waals surface area contributed by atoms with Crippen LogP contribution in [0.1, 0.15) is 13.8 Å². The van der Waals surface area contributed by atoms with Gasteiger partial charge in [0.2, 0.25) is 0 Å². The second kappa shape index (κ2) is 4.30. The molecule has 0 amide bonds. The fraction of sp³-hybridized carbons (Fsp3) is 0.400. The minimum absolute atomic E-state index is 0.494. The van der Waals surface area contributed by atoms with Gasteiger partial charge in [0.05, 0.1) is 10.6 Å². The van der Waals surface area contributed by atoms with Crippen molar-refractivity contribution < 1.29 is 4.21 Å². The third-order valence-corrected chi connectivity index (χ3v) is 3.83. The molecule has 1 aromatic rings. The summed E-state index contributed by atoms with van der Waals surface area (Å²) in [5.41, 5.74) is -0.533. The lowest BCUT2D eigenvalue weighted by Gasteiger charge is -2.26. The van der Waals surface area contributed by atoms with E-state index < -0.39 is 15.6 Å². The van der Waals surface area contributed by atoms with Crippen molar-refractivity contribution in [2.24, 2.45) is 0 Å². The van der Waals surface area contributed by atoms with Crippen molar-refractivity contribution in [3.8, 4) is 0 Å². The van der Waals surface area contributed by atoms with Gasteiger partial charge in [-0.2, -0.15) is 0 Å². The van der Waals surface area contributed by atoms with Crippen LogP contribution < -0.4 is 10.0 Å². The summed E-state index contributed by atoms with van der Waals surface area (Å²) in [5, 5.41) is 2.96. The molecule has 0 aliphatic rings. The van der Waals surface area contributed by atoms with E-state index in [1.807, 2.05) is 19.9 Å². The van der Waals surface area contributed by atoms with E-state index in [0.29, 0.717) is 4.90 Å². The first-order valence-electron chi connectivity index (χ1n) is 4.69. The second-order valence-corrected chi connectivity index (χ2v) is 5.63. The zero-order valence-electron chi connectivity index (χ0n) is 9.20. The minimum atomic E-state index is -2.94. The van der Waals surface area contributed by atoms with Gasteiger partial charge in [-0.25, -0.2) is 13.7 Å². The Balaban J connectivity index is 2.96. The van der Waals surface area contributed by atoms with Crippen molar-refractivity contribution in [1.82, 2.24) is 10.0 Å². The molecule has 0 aliphatic heterocycles. The van der Waals surface area contributed by atoms with Crippen molar-refractivity contribution in [3.05, 3.63) is 30.3 Å². The van der Waals surface area contributed by atoms with Crippen LogP contribution in [0.15, 0.2) is 35.2 Å². The van der Waals surface area contributed by atoms with Gasteiger partial charge in [0.1, 0.15) is 9.92 Å².